The zero-order chi connectivity index (χ0) is 14.7. The lowest BCUT2D eigenvalue weighted by molar-refractivity contribution is -0.142. The molecule has 1 aromatic carbocycles. The van der Waals surface area contributed by atoms with E-state index >= 15 is 0 Å². The van der Waals surface area contributed by atoms with Crippen LogP contribution in [0.1, 0.15) is 12.7 Å². The number of carboxylic acids is 1. The molecule has 4 nitrogen and oxygen atoms in total. The van der Waals surface area contributed by atoms with Crippen molar-refractivity contribution in [3.63, 3.8) is 0 Å². The van der Waals surface area contributed by atoms with Gasteiger partial charge >= 0.3 is 5.97 Å². The molecule has 20 heavy (non-hydrogen) atoms. The number of hydrogen-bond acceptors (Lipinski definition) is 3. The van der Waals surface area contributed by atoms with Crippen LogP contribution in [0.2, 0.25) is 5.02 Å². The second-order valence-electron chi connectivity index (χ2n) is 4.68. The molecule has 0 saturated heterocycles. The number of carbonyl (C=O) groups is 1. The van der Waals surface area contributed by atoms with Gasteiger partial charge in [0.15, 0.2) is 0 Å². The van der Waals surface area contributed by atoms with Gasteiger partial charge in [-0.1, -0.05) is 23.7 Å². The Morgan fingerprint density at radius 3 is 2.70 bits per heavy atom. The predicted molar refractivity (Wildman–Crippen MR) is 77.7 cm³/mol. The zero-order valence-electron chi connectivity index (χ0n) is 11.3. The largest absolute Gasteiger partial charge is 0.480 e. The van der Waals surface area contributed by atoms with Gasteiger partial charge in [0.2, 0.25) is 0 Å². The highest BCUT2D eigenvalue weighted by Crippen LogP contribution is 2.29. The molecule has 0 fully saturated rings. The van der Waals surface area contributed by atoms with Crippen molar-refractivity contribution >= 4 is 17.6 Å². The molecular formula is C15H16ClNO3. The summed E-state index contributed by atoms with van der Waals surface area (Å²) in [6.07, 6.45) is 0. The minimum atomic E-state index is -0.856. The van der Waals surface area contributed by atoms with Crippen molar-refractivity contribution in [1.29, 1.82) is 0 Å². The molecule has 0 radical (unpaired) electrons. The number of carboxylic acid groups (broad SMARTS) is 1. The average Bonchev–Trinajstić information content (AvgIpc) is 2.86. The highest BCUT2D eigenvalue weighted by molar-refractivity contribution is 6.33. The summed E-state index contributed by atoms with van der Waals surface area (Å²) < 4.78 is 5.73. The van der Waals surface area contributed by atoms with Crippen LogP contribution in [0, 0.1) is 0 Å². The molecule has 0 amide bonds. The van der Waals surface area contributed by atoms with Crippen molar-refractivity contribution in [2.24, 2.45) is 0 Å². The van der Waals surface area contributed by atoms with E-state index in [1.807, 2.05) is 30.3 Å². The Kier molecular flexibility index (Phi) is 4.47. The first-order valence-electron chi connectivity index (χ1n) is 6.25. The molecule has 5 heteroatoms. The van der Waals surface area contributed by atoms with Crippen LogP contribution in [0.25, 0.3) is 11.3 Å². The molecule has 1 heterocycles. The van der Waals surface area contributed by atoms with Crippen LogP contribution >= 0.6 is 11.6 Å². The minimum Gasteiger partial charge on any atom is -0.480 e. The van der Waals surface area contributed by atoms with Crippen molar-refractivity contribution < 1.29 is 14.3 Å². The summed E-state index contributed by atoms with van der Waals surface area (Å²) in [6.45, 7) is 2.07. The van der Waals surface area contributed by atoms with Crippen LogP contribution in [0.3, 0.4) is 0 Å². The quantitative estimate of drug-likeness (QED) is 0.916. The van der Waals surface area contributed by atoms with E-state index in [4.69, 9.17) is 21.1 Å². The minimum absolute atomic E-state index is 0.428. The number of hydrogen-bond donors (Lipinski definition) is 1. The van der Waals surface area contributed by atoms with Gasteiger partial charge in [-0.25, -0.2) is 0 Å². The van der Waals surface area contributed by atoms with E-state index in [1.54, 1.807) is 24.9 Å². The summed E-state index contributed by atoms with van der Waals surface area (Å²) in [5.41, 5.74) is 0.828. The zero-order valence-corrected chi connectivity index (χ0v) is 12.1. The van der Waals surface area contributed by atoms with Gasteiger partial charge in [-0.15, -0.1) is 0 Å². The molecule has 1 atom stereocenters. The van der Waals surface area contributed by atoms with Crippen molar-refractivity contribution in [1.82, 2.24) is 4.90 Å². The van der Waals surface area contributed by atoms with Gasteiger partial charge in [0.25, 0.3) is 0 Å². The van der Waals surface area contributed by atoms with Crippen LogP contribution in [0.15, 0.2) is 40.8 Å². The first-order chi connectivity index (χ1) is 9.49. The number of halogens is 1. The number of benzene rings is 1. The highest BCUT2D eigenvalue weighted by atomic mass is 35.5. The molecule has 1 unspecified atom stereocenters. The fourth-order valence-electron chi connectivity index (χ4n) is 1.84. The lowest BCUT2D eigenvalue weighted by Crippen LogP contribution is -2.35. The van der Waals surface area contributed by atoms with Crippen molar-refractivity contribution in [3.05, 3.63) is 47.2 Å². The molecule has 0 saturated carbocycles. The number of furan rings is 1. The molecule has 0 aliphatic carbocycles. The van der Waals surface area contributed by atoms with E-state index in [-0.39, 0.29) is 0 Å². The first-order valence-corrected chi connectivity index (χ1v) is 6.63. The smallest absolute Gasteiger partial charge is 0.320 e. The molecule has 0 aliphatic rings. The molecule has 1 N–H and O–H groups in total. The van der Waals surface area contributed by atoms with E-state index in [1.165, 1.54) is 0 Å². The summed E-state index contributed by atoms with van der Waals surface area (Å²) in [7, 11) is 1.75. The van der Waals surface area contributed by atoms with Gasteiger partial charge in [0, 0.05) is 5.56 Å². The van der Waals surface area contributed by atoms with Crippen molar-refractivity contribution in [2.45, 2.75) is 19.5 Å². The Balaban J connectivity index is 2.14. The van der Waals surface area contributed by atoms with Gasteiger partial charge in [0.1, 0.15) is 17.6 Å². The SMILES string of the molecule is CC(C(=O)O)N(C)Cc1ccc(-c2ccccc2Cl)o1. The fourth-order valence-corrected chi connectivity index (χ4v) is 2.07. The molecular weight excluding hydrogens is 278 g/mol. The molecule has 0 bridgehead atoms. The van der Waals surface area contributed by atoms with E-state index < -0.39 is 12.0 Å². The maximum absolute atomic E-state index is 10.9. The Labute approximate surface area is 122 Å². The topological polar surface area (TPSA) is 53.7 Å². The van der Waals surface area contributed by atoms with Gasteiger partial charge in [-0.2, -0.15) is 0 Å². The molecule has 2 aromatic rings. The van der Waals surface area contributed by atoms with E-state index in [2.05, 4.69) is 0 Å². The molecule has 1 aromatic heterocycles. The van der Waals surface area contributed by atoms with Crippen LogP contribution in [-0.4, -0.2) is 29.1 Å². The number of aliphatic carboxylic acids is 1. The Morgan fingerprint density at radius 2 is 2.05 bits per heavy atom. The van der Waals surface area contributed by atoms with Crippen molar-refractivity contribution in [2.75, 3.05) is 7.05 Å². The fraction of sp³-hybridized carbons (Fsp3) is 0.267. The van der Waals surface area contributed by atoms with Crippen LogP contribution in [-0.2, 0) is 11.3 Å². The van der Waals surface area contributed by atoms with Crippen LogP contribution < -0.4 is 0 Å². The normalized spacial score (nSPS) is 12.6. The highest BCUT2D eigenvalue weighted by Gasteiger charge is 2.18. The third kappa shape index (κ3) is 3.21. The molecule has 0 aliphatic heterocycles. The van der Waals surface area contributed by atoms with E-state index in [0.717, 1.165) is 5.56 Å². The summed E-state index contributed by atoms with van der Waals surface area (Å²) in [4.78, 5) is 12.6. The van der Waals surface area contributed by atoms with Gasteiger partial charge < -0.3 is 9.52 Å². The standard InChI is InChI=1S/C15H16ClNO3/c1-10(15(18)19)17(2)9-11-7-8-14(20-11)12-5-3-4-6-13(12)16/h3-8,10H,9H2,1-2H3,(H,18,19). The van der Waals surface area contributed by atoms with E-state index in [9.17, 15) is 4.79 Å². The predicted octanol–water partition coefficient (Wildman–Crippen LogP) is 3.50. The first kappa shape index (κ1) is 14.6. The Bertz CT molecular complexity index is 609. The van der Waals surface area contributed by atoms with Gasteiger partial charge in [0.05, 0.1) is 11.6 Å². The third-order valence-corrected chi connectivity index (χ3v) is 3.55. The number of rotatable bonds is 5. The average molecular weight is 294 g/mol. The monoisotopic (exact) mass is 293 g/mol. The van der Waals surface area contributed by atoms with Gasteiger partial charge in [-0.05, 0) is 38.2 Å². The number of likely N-dealkylation sites (N-methyl/N-ethyl adjacent to an activating group) is 1. The van der Waals surface area contributed by atoms with Crippen LogP contribution in [0.4, 0.5) is 0 Å². The Hall–Kier alpha value is -1.78. The molecule has 2 rings (SSSR count). The molecule has 0 spiro atoms. The van der Waals surface area contributed by atoms with E-state index in [0.29, 0.717) is 23.1 Å². The maximum Gasteiger partial charge on any atom is 0.320 e. The summed E-state index contributed by atoms with van der Waals surface area (Å²) in [5.74, 6) is 0.530. The van der Waals surface area contributed by atoms with Gasteiger partial charge in [-0.3, -0.25) is 9.69 Å². The van der Waals surface area contributed by atoms with Crippen LogP contribution in [0.5, 0.6) is 0 Å². The summed E-state index contributed by atoms with van der Waals surface area (Å²) >= 11 is 6.12. The second-order valence-corrected chi connectivity index (χ2v) is 5.08. The third-order valence-electron chi connectivity index (χ3n) is 3.22. The summed E-state index contributed by atoms with van der Waals surface area (Å²) in [6, 6.07) is 10.6. The number of nitrogens with zero attached hydrogens (tertiary/aromatic N) is 1. The van der Waals surface area contributed by atoms with Crippen molar-refractivity contribution in [3.8, 4) is 11.3 Å². The summed E-state index contributed by atoms with van der Waals surface area (Å²) in [5, 5.41) is 9.59. The lowest BCUT2D eigenvalue weighted by atomic mass is 10.2. The second kappa shape index (κ2) is 6.11. The molecule has 106 valence electrons. The lowest BCUT2D eigenvalue weighted by Gasteiger charge is -2.19. The maximum atomic E-state index is 10.9. The Morgan fingerprint density at radius 1 is 1.35 bits per heavy atom.